The second-order valence-corrected chi connectivity index (χ2v) is 4.66. The second kappa shape index (κ2) is 4.77. The predicted molar refractivity (Wildman–Crippen MR) is 83.0 cm³/mol. The number of nitrogens with one attached hydrogen (secondary N) is 3. The van der Waals surface area contributed by atoms with Gasteiger partial charge in [-0.3, -0.25) is 0 Å². The Morgan fingerprint density at radius 2 is 1.60 bits per heavy atom. The molecule has 0 radical (unpaired) electrons. The van der Waals surface area contributed by atoms with Gasteiger partial charge in [0.05, 0.1) is 11.0 Å². The minimum Gasteiger partial charge on any atom is -0.388 e. The maximum absolute atomic E-state index is 11.3. The second-order valence-electron chi connectivity index (χ2n) is 4.66. The zero-order valence-corrected chi connectivity index (χ0v) is 11.4. The number of aromatic amines is 2. The van der Waals surface area contributed by atoms with Crippen LogP contribution < -0.4 is 15.9 Å². The van der Waals surface area contributed by atoms with E-state index in [9.17, 15) is 4.79 Å². The Balaban J connectivity index is 1.97. The van der Waals surface area contributed by atoms with Crippen molar-refractivity contribution in [1.82, 2.24) is 9.97 Å². The maximum atomic E-state index is 11.3. The van der Waals surface area contributed by atoms with Crippen LogP contribution in [0.1, 0.15) is 0 Å². The number of fused-ring (bicyclic) bond motifs is 1. The van der Waals surface area contributed by atoms with Gasteiger partial charge in [0, 0.05) is 31.2 Å². The minimum atomic E-state index is -0.182. The van der Waals surface area contributed by atoms with Crippen LogP contribution in [0.2, 0.25) is 0 Å². The first kappa shape index (κ1) is 12.3. The monoisotopic (exact) mass is 268 g/mol. The molecule has 0 saturated carbocycles. The van der Waals surface area contributed by atoms with Crippen LogP contribution in [0.15, 0.2) is 47.3 Å². The summed E-state index contributed by atoms with van der Waals surface area (Å²) >= 11 is 0. The highest BCUT2D eigenvalue weighted by atomic mass is 16.1. The van der Waals surface area contributed by atoms with Crippen LogP contribution in [-0.2, 0) is 0 Å². The van der Waals surface area contributed by atoms with Crippen LogP contribution >= 0.6 is 0 Å². The van der Waals surface area contributed by atoms with Gasteiger partial charge in [-0.1, -0.05) is 0 Å². The molecule has 0 aliphatic rings. The molecule has 5 heteroatoms. The molecule has 0 saturated heterocycles. The van der Waals surface area contributed by atoms with Crippen LogP contribution in [-0.4, -0.2) is 24.1 Å². The van der Waals surface area contributed by atoms with Crippen LogP contribution in [0.4, 0.5) is 17.1 Å². The zero-order valence-electron chi connectivity index (χ0n) is 11.4. The van der Waals surface area contributed by atoms with Gasteiger partial charge in [0.1, 0.15) is 0 Å². The van der Waals surface area contributed by atoms with Gasteiger partial charge in [0.25, 0.3) is 0 Å². The van der Waals surface area contributed by atoms with Crippen LogP contribution in [0.3, 0.4) is 0 Å². The van der Waals surface area contributed by atoms with Crippen molar-refractivity contribution in [3.05, 3.63) is 52.9 Å². The Morgan fingerprint density at radius 1 is 0.950 bits per heavy atom. The summed E-state index contributed by atoms with van der Waals surface area (Å²) in [6.07, 6.45) is 0. The fourth-order valence-electron chi connectivity index (χ4n) is 2.23. The zero-order chi connectivity index (χ0) is 14.1. The van der Waals surface area contributed by atoms with Gasteiger partial charge in [-0.15, -0.1) is 0 Å². The van der Waals surface area contributed by atoms with Crippen LogP contribution in [0, 0.1) is 0 Å². The lowest BCUT2D eigenvalue weighted by atomic mass is 10.2. The molecule has 102 valence electrons. The Labute approximate surface area is 116 Å². The molecule has 0 amide bonds. The van der Waals surface area contributed by atoms with E-state index in [1.54, 1.807) is 0 Å². The fourth-order valence-corrected chi connectivity index (χ4v) is 2.23. The Bertz CT molecular complexity index is 785. The molecule has 0 unspecified atom stereocenters. The molecule has 20 heavy (non-hydrogen) atoms. The number of H-pyrrole nitrogens is 2. The van der Waals surface area contributed by atoms with Crippen LogP contribution in [0.5, 0.6) is 0 Å². The van der Waals surface area contributed by atoms with Crippen molar-refractivity contribution in [1.29, 1.82) is 0 Å². The first-order chi connectivity index (χ1) is 9.67. The van der Waals surface area contributed by atoms with E-state index in [0.29, 0.717) is 0 Å². The smallest absolute Gasteiger partial charge is 0.323 e. The van der Waals surface area contributed by atoms with E-state index in [0.717, 1.165) is 28.1 Å². The number of rotatable bonds is 3. The summed E-state index contributed by atoms with van der Waals surface area (Å²) in [5.74, 6) is 0. The summed E-state index contributed by atoms with van der Waals surface area (Å²) in [5, 5.41) is 3.10. The van der Waals surface area contributed by atoms with E-state index in [2.05, 4.69) is 32.3 Å². The third kappa shape index (κ3) is 2.14. The number of imidazole rings is 1. The molecule has 0 spiro atoms. The lowest BCUT2D eigenvalue weighted by molar-refractivity contribution is 1.21. The highest BCUT2D eigenvalue weighted by Crippen LogP contribution is 2.26. The molecule has 0 aliphatic carbocycles. The number of hydrogen-bond acceptors (Lipinski definition) is 3. The normalized spacial score (nSPS) is 10.7. The Kier molecular flexibility index (Phi) is 2.95. The quantitative estimate of drug-likeness (QED) is 0.684. The molecule has 3 N–H and O–H groups in total. The molecule has 0 bridgehead atoms. The molecule has 0 atom stereocenters. The largest absolute Gasteiger partial charge is 0.388 e. The maximum Gasteiger partial charge on any atom is 0.323 e. The molecular formula is C15H16N4O. The number of anilines is 3. The van der Waals surface area contributed by atoms with E-state index >= 15 is 0 Å². The summed E-state index contributed by atoms with van der Waals surface area (Å²) in [6.45, 7) is 0. The van der Waals surface area contributed by atoms with E-state index in [4.69, 9.17) is 0 Å². The van der Waals surface area contributed by atoms with Gasteiger partial charge in [0.2, 0.25) is 0 Å². The van der Waals surface area contributed by atoms with Gasteiger partial charge >= 0.3 is 5.69 Å². The number of aromatic nitrogens is 2. The molecule has 0 fully saturated rings. The molecule has 3 rings (SSSR count). The van der Waals surface area contributed by atoms with Crippen molar-refractivity contribution < 1.29 is 0 Å². The summed E-state index contributed by atoms with van der Waals surface area (Å²) in [5.41, 5.74) is 4.63. The summed E-state index contributed by atoms with van der Waals surface area (Å²) < 4.78 is 0. The topological polar surface area (TPSA) is 63.9 Å². The van der Waals surface area contributed by atoms with Crippen molar-refractivity contribution >= 4 is 28.1 Å². The van der Waals surface area contributed by atoms with Gasteiger partial charge in [-0.05, 0) is 42.5 Å². The van der Waals surface area contributed by atoms with Gasteiger partial charge in [-0.25, -0.2) is 4.79 Å². The van der Waals surface area contributed by atoms with Crippen molar-refractivity contribution in [2.45, 2.75) is 0 Å². The standard InChI is InChI=1S/C15H16N4O/c1-16-10-3-5-11(6-4-10)19(2)12-7-8-13-14(9-12)18-15(20)17-13/h3-9,16H,1-2H3,(H2,17,18,20). The van der Waals surface area contributed by atoms with Crippen molar-refractivity contribution in [2.75, 3.05) is 24.3 Å². The van der Waals surface area contributed by atoms with E-state index in [1.165, 1.54) is 0 Å². The first-order valence-corrected chi connectivity index (χ1v) is 6.41. The number of benzene rings is 2. The molecule has 2 aromatic carbocycles. The average Bonchev–Trinajstić information content (AvgIpc) is 2.85. The van der Waals surface area contributed by atoms with E-state index < -0.39 is 0 Å². The first-order valence-electron chi connectivity index (χ1n) is 6.41. The minimum absolute atomic E-state index is 0.182. The highest BCUT2D eigenvalue weighted by molar-refractivity contribution is 5.80. The highest BCUT2D eigenvalue weighted by Gasteiger charge is 2.06. The molecule has 1 heterocycles. The molecule has 5 nitrogen and oxygen atoms in total. The molecule has 0 aliphatic heterocycles. The Morgan fingerprint density at radius 3 is 2.30 bits per heavy atom. The van der Waals surface area contributed by atoms with Crippen molar-refractivity contribution in [3.63, 3.8) is 0 Å². The summed E-state index contributed by atoms with van der Waals surface area (Å²) in [7, 11) is 3.90. The van der Waals surface area contributed by atoms with E-state index in [-0.39, 0.29) is 5.69 Å². The van der Waals surface area contributed by atoms with E-state index in [1.807, 2.05) is 44.4 Å². The van der Waals surface area contributed by atoms with Crippen molar-refractivity contribution in [2.24, 2.45) is 0 Å². The molecular weight excluding hydrogens is 252 g/mol. The lowest BCUT2D eigenvalue weighted by Gasteiger charge is -2.19. The van der Waals surface area contributed by atoms with Crippen molar-refractivity contribution in [3.8, 4) is 0 Å². The van der Waals surface area contributed by atoms with Gasteiger partial charge < -0.3 is 20.2 Å². The summed E-state index contributed by atoms with van der Waals surface area (Å²) in [6, 6.07) is 14.0. The molecule has 3 aromatic rings. The van der Waals surface area contributed by atoms with Gasteiger partial charge in [-0.2, -0.15) is 0 Å². The number of nitrogens with zero attached hydrogens (tertiary/aromatic N) is 1. The summed E-state index contributed by atoms with van der Waals surface area (Å²) in [4.78, 5) is 18.9. The SMILES string of the molecule is CNc1ccc(N(C)c2ccc3[nH]c(=O)[nH]c3c2)cc1. The number of hydrogen-bond donors (Lipinski definition) is 3. The average molecular weight is 268 g/mol. The lowest BCUT2D eigenvalue weighted by Crippen LogP contribution is -2.09. The van der Waals surface area contributed by atoms with Gasteiger partial charge in [0.15, 0.2) is 0 Å². The fraction of sp³-hybridized carbons (Fsp3) is 0.133. The predicted octanol–water partition coefficient (Wildman–Crippen LogP) is 2.67. The third-order valence-corrected chi connectivity index (χ3v) is 3.43. The Hall–Kier alpha value is -2.69. The van der Waals surface area contributed by atoms with Crippen LogP contribution in [0.25, 0.3) is 11.0 Å². The molecule has 1 aromatic heterocycles. The third-order valence-electron chi connectivity index (χ3n) is 3.43.